The van der Waals surface area contributed by atoms with Gasteiger partial charge >= 0.3 is 0 Å². The standard InChI is InChI=1S/C17H15FN2O/c1-12-4-6-13(7-5-12)15-9-8-14(11-16(15)18)20-17(21)3-2-10-19-20/h4-11H,2-3H2,1H3. The summed E-state index contributed by atoms with van der Waals surface area (Å²) in [4.78, 5) is 11.8. The van der Waals surface area contributed by atoms with Crippen LogP contribution in [0.25, 0.3) is 11.1 Å². The Morgan fingerprint density at radius 3 is 2.57 bits per heavy atom. The van der Waals surface area contributed by atoms with Crippen LogP contribution in [0.3, 0.4) is 0 Å². The molecule has 1 aliphatic rings. The molecular weight excluding hydrogens is 267 g/mol. The van der Waals surface area contributed by atoms with Crippen LogP contribution in [0.1, 0.15) is 18.4 Å². The minimum absolute atomic E-state index is 0.111. The Labute approximate surface area is 122 Å². The van der Waals surface area contributed by atoms with Crippen molar-refractivity contribution in [3.05, 3.63) is 53.8 Å². The van der Waals surface area contributed by atoms with Crippen LogP contribution in [0, 0.1) is 12.7 Å². The van der Waals surface area contributed by atoms with Crippen LogP contribution in [-0.2, 0) is 4.79 Å². The van der Waals surface area contributed by atoms with Gasteiger partial charge in [0.2, 0.25) is 5.91 Å². The number of hydrazone groups is 1. The normalized spacial score (nSPS) is 14.6. The zero-order valence-electron chi connectivity index (χ0n) is 11.7. The minimum atomic E-state index is -0.357. The largest absolute Gasteiger partial charge is 0.273 e. The molecule has 106 valence electrons. The lowest BCUT2D eigenvalue weighted by molar-refractivity contribution is -0.118. The van der Waals surface area contributed by atoms with Crippen molar-refractivity contribution in [2.75, 3.05) is 5.01 Å². The summed E-state index contributed by atoms with van der Waals surface area (Å²) in [6, 6.07) is 12.4. The van der Waals surface area contributed by atoms with E-state index >= 15 is 0 Å². The van der Waals surface area contributed by atoms with E-state index in [1.54, 1.807) is 18.3 Å². The molecule has 4 heteroatoms. The predicted molar refractivity (Wildman–Crippen MR) is 81.8 cm³/mol. The molecule has 3 rings (SSSR count). The van der Waals surface area contributed by atoms with E-state index in [1.165, 1.54) is 11.1 Å². The second kappa shape index (κ2) is 5.48. The van der Waals surface area contributed by atoms with Crippen LogP contribution in [0.2, 0.25) is 0 Å². The average molecular weight is 282 g/mol. The van der Waals surface area contributed by atoms with Crippen molar-refractivity contribution in [2.45, 2.75) is 19.8 Å². The first-order chi connectivity index (χ1) is 10.1. The summed E-state index contributed by atoms with van der Waals surface area (Å²) in [7, 11) is 0. The lowest BCUT2D eigenvalue weighted by Gasteiger charge is -2.20. The van der Waals surface area contributed by atoms with Crippen LogP contribution >= 0.6 is 0 Å². The molecule has 3 nitrogen and oxygen atoms in total. The fourth-order valence-electron chi connectivity index (χ4n) is 2.31. The molecule has 21 heavy (non-hydrogen) atoms. The summed E-state index contributed by atoms with van der Waals surface area (Å²) in [5, 5.41) is 5.28. The van der Waals surface area contributed by atoms with Crippen LogP contribution in [-0.4, -0.2) is 12.1 Å². The zero-order chi connectivity index (χ0) is 14.8. The number of hydrogen-bond acceptors (Lipinski definition) is 2. The topological polar surface area (TPSA) is 32.7 Å². The molecule has 0 bridgehead atoms. The van der Waals surface area contributed by atoms with E-state index in [0.29, 0.717) is 24.1 Å². The van der Waals surface area contributed by atoms with Gasteiger partial charge in [0.25, 0.3) is 0 Å². The summed E-state index contributed by atoms with van der Waals surface area (Å²) in [6.07, 6.45) is 2.72. The Balaban J connectivity index is 1.96. The van der Waals surface area contributed by atoms with E-state index in [-0.39, 0.29) is 11.7 Å². The molecule has 1 heterocycles. The minimum Gasteiger partial charge on any atom is -0.273 e. The molecule has 0 unspecified atom stereocenters. The fourth-order valence-corrected chi connectivity index (χ4v) is 2.31. The molecule has 1 aliphatic heterocycles. The van der Waals surface area contributed by atoms with E-state index in [2.05, 4.69) is 5.10 Å². The molecule has 2 aromatic carbocycles. The van der Waals surface area contributed by atoms with Gasteiger partial charge in [-0.25, -0.2) is 9.40 Å². The van der Waals surface area contributed by atoms with Crippen LogP contribution in [0.4, 0.5) is 10.1 Å². The summed E-state index contributed by atoms with van der Waals surface area (Å²) in [6.45, 7) is 1.99. The highest BCUT2D eigenvalue weighted by Gasteiger charge is 2.18. The maximum absolute atomic E-state index is 14.3. The summed E-state index contributed by atoms with van der Waals surface area (Å²) in [5.74, 6) is -0.468. The molecule has 0 N–H and O–H groups in total. The van der Waals surface area contributed by atoms with Gasteiger partial charge in [0.05, 0.1) is 5.69 Å². The highest BCUT2D eigenvalue weighted by atomic mass is 19.1. The number of nitrogens with zero attached hydrogens (tertiary/aromatic N) is 2. The molecule has 0 saturated carbocycles. The lowest BCUT2D eigenvalue weighted by Crippen LogP contribution is -2.28. The Hall–Kier alpha value is -2.49. The van der Waals surface area contributed by atoms with E-state index in [0.717, 1.165) is 11.1 Å². The SMILES string of the molecule is Cc1ccc(-c2ccc(N3N=CCCC3=O)cc2F)cc1. The summed E-state index contributed by atoms with van der Waals surface area (Å²) >= 11 is 0. The van der Waals surface area contributed by atoms with Crippen LogP contribution in [0.15, 0.2) is 47.6 Å². The molecule has 1 amide bonds. The van der Waals surface area contributed by atoms with E-state index in [4.69, 9.17) is 0 Å². The van der Waals surface area contributed by atoms with Gasteiger partial charge in [-0.1, -0.05) is 29.8 Å². The van der Waals surface area contributed by atoms with Gasteiger partial charge in [-0.15, -0.1) is 0 Å². The number of halogens is 1. The van der Waals surface area contributed by atoms with Crippen molar-refractivity contribution in [3.8, 4) is 11.1 Å². The van der Waals surface area contributed by atoms with E-state index in [1.807, 2.05) is 31.2 Å². The first kappa shape index (κ1) is 13.5. The predicted octanol–water partition coefficient (Wildman–Crippen LogP) is 3.91. The zero-order valence-corrected chi connectivity index (χ0v) is 11.7. The van der Waals surface area contributed by atoms with Gasteiger partial charge in [-0.2, -0.15) is 5.10 Å². The molecule has 0 saturated heterocycles. The van der Waals surface area contributed by atoms with Crippen LogP contribution in [0.5, 0.6) is 0 Å². The Morgan fingerprint density at radius 1 is 1.14 bits per heavy atom. The lowest BCUT2D eigenvalue weighted by atomic mass is 10.0. The second-order valence-electron chi connectivity index (χ2n) is 5.07. The Kier molecular flexibility index (Phi) is 3.52. The third-order valence-electron chi connectivity index (χ3n) is 3.48. The molecule has 0 aromatic heterocycles. The third-order valence-corrected chi connectivity index (χ3v) is 3.48. The van der Waals surface area contributed by atoms with Gasteiger partial charge in [-0.05, 0) is 31.0 Å². The highest BCUT2D eigenvalue weighted by molar-refractivity contribution is 5.97. The first-order valence-electron chi connectivity index (χ1n) is 6.87. The maximum Gasteiger partial charge on any atom is 0.247 e. The fraction of sp³-hybridized carbons (Fsp3) is 0.176. The number of carbonyl (C=O) groups excluding carboxylic acids is 1. The number of amides is 1. The number of benzene rings is 2. The molecule has 0 fully saturated rings. The van der Waals surface area contributed by atoms with Crippen molar-refractivity contribution in [2.24, 2.45) is 5.10 Å². The summed E-state index contributed by atoms with van der Waals surface area (Å²) in [5.41, 5.74) is 2.93. The number of anilines is 1. The second-order valence-corrected chi connectivity index (χ2v) is 5.07. The summed E-state index contributed by atoms with van der Waals surface area (Å²) < 4.78 is 14.3. The first-order valence-corrected chi connectivity index (χ1v) is 6.87. The van der Waals surface area contributed by atoms with Crippen molar-refractivity contribution < 1.29 is 9.18 Å². The van der Waals surface area contributed by atoms with Gasteiger partial charge in [0.1, 0.15) is 5.82 Å². The number of carbonyl (C=O) groups is 1. The molecule has 0 radical (unpaired) electrons. The number of rotatable bonds is 2. The van der Waals surface area contributed by atoms with Crippen LogP contribution < -0.4 is 5.01 Å². The third kappa shape index (κ3) is 2.70. The van der Waals surface area contributed by atoms with E-state index in [9.17, 15) is 9.18 Å². The van der Waals surface area contributed by atoms with Crippen molar-refractivity contribution in [3.63, 3.8) is 0 Å². The van der Waals surface area contributed by atoms with Gasteiger partial charge < -0.3 is 0 Å². The smallest absolute Gasteiger partial charge is 0.247 e. The maximum atomic E-state index is 14.3. The van der Waals surface area contributed by atoms with Crippen molar-refractivity contribution in [1.82, 2.24) is 0 Å². The van der Waals surface area contributed by atoms with Crippen molar-refractivity contribution >= 4 is 17.8 Å². The van der Waals surface area contributed by atoms with Gasteiger partial charge in [0.15, 0.2) is 0 Å². The quantitative estimate of drug-likeness (QED) is 0.822. The molecule has 0 aliphatic carbocycles. The highest BCUT2D eigenvalue weighted by Crippen LogP contribution is 2.28. The molecule has 0 spiro atoms. The number of aryl methyl sites for hydroxylation is 1. The molecule has 0 atom stereocenters. The Morgan fingerprint density at radius 2 is 1.90 bits per heavy atom. The average Bonchev–Trinajstić information content (AvgIpc) is 2.49. The molecular formula is C17H15FN2O. The van der Waals surface area contributed by atoms with Gasteiger partial charge in [-0.3, -0.25) is 4.79 Å². The van der Waals surface area contributed by atoms with Gasteiger partial charge in [0, 0.05) is 24.3 Å². The monoisotopic (exact) mass is 282 g/mol. The van der Waals surface area contributed by atoms with Crippen molar-refractivity contribution in [1.29, 1.82) is 0 Å². The molecule has 2 aromatic rings. The number of hydrogen-bond donors (Lipinski definition) is 0. The Bertz CT molecular complexity index is 707. The van der Waals surface area contributed by atoms with E-state index < -0.39 is 0 Å².